The number of hydrogen-bond donors (Lipinski definition) is 1. The second-order valence-electron chi connectivity index (χ2n) is 4.55. The number of aromatic hydroxyl groups is 1. The summed E-state index contributed by atoms with van der Waals surface area (Å²) in [6.07, 6.45) is 3.56. The summed E-state index contributed by atoms with van der Waals surface area (Å²) in [5, 5.41) is 10.4. The summed E-state index contributed by atoms with van der Waals surface area (Å²) in [6, 6.07) is 8.77. The van der Waals surface area contributed by atoms with E-state index in [1.165, 1.54) is 7.11 Å². The van der Waals surface area contributed by atoms with E-state index >= 15 is 0 Å². The smallest absolute Gasteiger partial charge is 0.220 e. The van der Waals surface area contributed by atoms with E-state index in [-0.39, 0.29) is 5.75 Å². The van der Waals surface area contributed by atoms with Crippen molar-refractivity contribution in [3.05, 3.63) is 51.3 Å². The van der Waals surface area contributed by atoms with Crippen LogP contribution >= 0.6 is 27.5 Å². The average molecular weight is 381 g/mol. The van der Waals surface area contributed by atoms with Gasteiger partial charge in [0.05, 0.1) is 11.6 Å². The molecule has 0 saturated carbocycles. The van der Waals surface area contributed by atoms with Crippen molar-refractivity contribution in [2.75, 3.05) is 7.11 Å². The van der Waals surface area contributed by atoms with Crippen LogP contribution in [-0.2, 0) is 0 Å². The molecule has 0 amide bonds. The van der Waals surface area contributed by atoms with Crippen molar-refractivity contribution in [3.63, 3.8) is 0 Å². The van der Waals surface area contributed by atoms with Crippen LogP contribution in [0.5, 0.6) is 11.5 Å². The van der Waals surface area contributed by atoms with Crippen molar-refractivity contribution in [2.24, 2.45) is 0 Å². The summed E-state index contributed by atoms with van der Waals surface area (Å²) in [7, 11) is 1.50. The highest BCUT2D eigenvalue weighted by Crippen LogP contribution is 2.35. The van der Waals surface area contributed by atoms with Gasteiger partial charge in [0.25, 0.3) is 0 Å². The highest BCUT2D eigenvalue weighted by Gasteiger charge is 2.08. The Kier molecular flexibility index (Phi) is 4.09. The maximum atomic E-state index is 9.79. The molecule has 0 fully saturated rings. The maximum Gasteiger partial charge on any atom is 0.220 e. The summed E-state index contributed by atoms with van der Waals surface area (Å²) in [5.41, 5.74) is 2.21. The number of phenolic OH excluding ortho intramolecular Hbond substituents is 1. The fourth-order valence-corrected chi connectivity index (χ4v) is 2.63. The lowest BCUT2D eigenvalue weighted by Gasteiger charge is -2.06. The lowest BCUT2D eigenvalue weighted by atomic mass is 10.2. The average Bonchev–Trinajstić information content (AvgIpc) is 2.90. The molecule has 1 N–H and O–H groups in total. The first kappa shape index (κ1) is 14.9. The fraction of sp³-hybridized carbons (Fsp3) is 0.0625. The number of rotatable bonds is 3. The Morgan fingerprint density at radius 3 is 2.86 bits per heavy atom. The lowest BCUT2D eigenvalue weighted by molar-refractivity contribution is 0.372. The van der Waals surface area contributed by atoms with E-state index in [1.54, 1.807) is 36.4 Å². The number of methoxy groups -OCH3 is 1. The van der Waals surface area contributed by atoms with Gasteiger partial charge in [-0.25, -0.2) is 4.98 Å². The van der Waals surface area contributed by atoms with E-state index in [0.717, 1.165) is 5.56 Å². The van der Waals surface area contributed by atoms with Crippen LogP contribution in [-0.4, -0.2) is 17.2 Å². The summed E-state index contributed by atoms with van der Waals surface area (Å²) < 4.78 is 11.3. The fourth-order valence-electron chi connectivity index (χ4n) is 2.00. The number of ether oxygens (including phenoxy) is 1. The van der Waals surface area contributed by atoms with Gasteiger partial charge in [0.2, 0.25) is 5.89 Å². The molecular formula is C16H11BrClNO3. The summed E-state index contributed by atoms with van der Waals surface area (Å²) in [5.74, 6) is 0.926. The number of halogens is 2. The van der Waals surface area contributed by atoms with Gasteiger partial charge >= 0.3 is 0 Å². The Hall–Kier alpha value is -1.98. The molecule has 4 nitrogen and oxygen atoms in total. The zero-order valence-corrected chi connectivity index (χ0v) is 13.9. The molecule has 3 aromatic rings. The van der Waals surface area contributed by atoms with Crippen molar-refractivity contribution < 1.29 is 14.3 Å². The highest BCUT2D eigenvalue weighted by molar-refractivity contribution is 9.10. The molecule has 0 aliphatic carbocycles. The standard InChI is InChI=1S/C16H11BrClNO3/c1-21-14-7-9(6-11(17)16(14)20)2-5-15-19-12-8-10(18)3-4-13(12)22-15/h2-8,20H,1H3. The molecule has 0 aliphatic rings. The third-order valence-electron chi connectivity index (χ3n) is 3.06. The van der Waals surface area contributed by atoms with Crippen molar-refractivity contribution in [2.45, 2.75) is 0 Å². The van der Waals surface area contributed by atoms with Crippen LogP contribution in [0.25, 0.3) is 23.3 Å². The minimum atomic E-state index is 0.0659. The van der Waals surface area contributed by atoms with E-state index in [9.17, 15) is 5.11 Å². The summed E-state index contributed by atoms with van der Waals surface area (Å²) in [4.78, 5) is 4.34. The molecule has 22 heavy (non-hydrogen) atoms. The second kappa shape index (κ2) is 6.02. The first-order chi connectivity index (χ1) is 10.6. The molecule has 0 spiro atoms. The molecule has 112 valence electrons. The minimum absolute atomic E-state index is 0.0659. The molecule has 3 rings (SSSR count). The number of phenols is 1. The van der Waals surface area contributed by atoms with Gasteiger partial charge in [-0.05, 0) is 57.9 Å². The van der Waals surface area contributed by atoms with Crippen molar-refractivity contribution in [1.82, 2.24) is 4.98 Å². The second-order valence-corrected chi connectivity index (χ2v) is 5.84. The highest BCUT2D eigenvalue weighted by atomic mass is 79.9. The van der Waals surface area contributed by atoms with Crippen LogP contribution in [0.4, 0.5) is 0 Å². The normalized spacial score (nSPS) is 11.4. The molecule has 0 unspecified atom stereocenters. The maximum absolute atomic E-state index is 9.79. The third-order valence-corrected chi connectivity index (χ3v) is 3.89. The van der Waals surface area contributed by atoms with Crippen LogP contribution in [0.1, 0.15) is 11.5 Å². The first-order valence-corrected chi connectivity index (χ1v) is 7.54. The van der Waals surface area contributed by atoms with Gasteiger partial charge in [0, 0.05) is 11.1 Å². The number of benzene rings is 2. The van der Waals surface area contributed by atoms with Gasteiger partial charge in [-0.15, -0.1) is 0 Å². The predicted molar refractivity (Wildman–Crippen MR) is 90.3 cm³/mol. The number of hydrogen-bond acceptors (Lipinski definition) is 4. The van der Waals surface area contributed by atoms with Crippen LogP contribution in [0.3, 0.4) is 0 Å². The van der Waals surface area contributed by atoms with Crippen LogP contribution in [0, 0.1) is 0 Å². The van der Waals surface area contributed by atoms with E-state index < -0.39 is 0 Å². The van der Waals surface area contributed by atoms with Gasteiger partial charge in [0.1, 0.15) is 5.52 Å². The minimum Gasteiger partial charge on any atom is -0.503 e. The molecule has 2 aromatic carbocycles. The van der Waals surface area contributed by atoms with E-state index in [0.29, 0.717) is 32.2 Å². The van der Waals surface area contributed by atoms with Gasteiger partial charge in [-0.1, -0.05) is 11.6 Å². The number of oxazole rings is 1. The Balaban J connectivity index is 1.94. The Morgan fingerprint density at radius 2 is 2.09 bits per heavy atom. The topological polar surface area (TPSA) is 55.5 Å². The van der Waals surface area contributed by atoms with Crippen LogP contribution < -0.4 is 4.74 Å². The van der Waals surface area contributed by atoms with Gasteiger partial charge in [-0.3, -0.25) is 0 Å². The summed E-state index contributed by atoms with van der Waals surface area (Å²) in [6.45, 7) is 0. The van der Waals surface area contributed by atoms with E-state index in [4.69, 9.17) is 20.8 Å². The quantitative estimate of drug-likeness (QED) is 0.684. The molecule has 0 atom stereocenters. The Bertz CT molecular complexity index is 873. The van der Waals surface area contributed by atoms with Gasteiger partial charge in [-0.2, -0.15) is 0 Å². The number of nitrogens with zero attached hydrogens (tertiary/aromatic N) is 1. The number of fused-ring (bicyclic) bond motifs is 1. The molecule has 1 heterocycles. The van der Waals surface area contributed by atoms with Crippen LogP contribution in [0.15, 0.2) is 39.2 Å². The largest absolute Gasteiger partial charge is 0.503 e. The Labute approximate surface area is 140 Å². The first-order valence-electron chi connectivity index (χ1n) is 6.37. The van der Waals surface area contributed by atoms with E-state index in [2.05, 4.69) is 20.9 Å². The van der Waals surface area contributed by atoms with Crippen molar-refractivity contribution in [1.29, 1.82) is 0 Å². The Morgan fingerprint density at radius 1 is 1.27 bits per heavy atom. The van der Waals surface area contributed by atoms with Crippen molar-refractivity contribution >= 4 is 50.8 Å². The molecule has 0 bridgehead atoms. The number of aromatic nitrogens is 1. The monoisotopic (exact) mass is 379 g/mol. The molecule has 0 saturated heterocycles. The predicted octanol–water partition coefficient (Wildman–Crippen LogP) is 5.13. The molecular weight excluding hydrogens is 370 g/mol. The zero-order chi connectivity index (χ0) is 15.7. The summed E-state index contributed by atoms with van der Waals surface area (Å²) >= 11 is 9.21. The SMILES string of the molecule is COc1cc(C=Cc2nc3cc(Cl)ccc3o2)cc(Br)c1O. The van der Waals surface area contributed by atoms with E-state index in [1.807, 2.05) is 6.08 Å². The van der Waals surface area contributed by atoms with Gasteiger partial charge in [0.15, 0.2) is 17.1 Å². The molecule has 6 heteroatoms. The lowest BCUT2D eigenvalue weighted by Crippen LogP contribution is -1.85. The van der Waals surface area contributed by atoms with Gasteiger partial charge < -0.3 is 14.3 Å². The molecule has 0 aliphatic heterocycles. The van der Waals surface area contributed by atoms with Crippen LogP contribution in [0.2, 0.25) is 5.02 Å². The van der Waals surface area contributed by atoms with Crippen molar-refractivity contribution in [3.8, 4) is 11.5 Å². The third kappa shape index (κ3) is 2.96. The molecule has 1 aromatic heterocycles. The molecule has 0 radical (unpaired) electrons. The zero-order valence-electron chi connectivity index (χ0n) is 11.5.